The number of aromatic amines is 1. The topological polar surface area (TPSA) is 103 Å². The molecule has 1 unspecified atom stereocenters. The van der Waals surface area contributed by atoms with Crippen LogP contribution in [0, 0.1) is 26.2 Å². The van der Waals surface area contributed by atoms with Crippen molar-refractivity contribution in [2.24, 2.45) is 10.2 Å². The van der Waals surface area contributed by atoms with Gasteiger partial charge < -0.3 is 10.2 Å². The van der Waals surface area contributed by atoms with E-state index in [0.717, 1.165) is 11.1 Å². The van der Waals surface area contributed by atoms with Gasteiger partial charge in [0.2, 0.25) is 5.91 Å². The second-order valence-corrected chi connectivity index (χ2v) is 9.63. The minimum absolute atomic E-state index is 0.223. The van der Waals surface area contributed by atoms with Crippen LogP contribution >= 0.6 is 0 Å². The molecule has 2 heterocycles. The molecule has 2 N–H and O–H groups in total. The van der Waals surface area contributed by atoms with Gasteiger partial charge in [-0.25, -0.2) is 0 Å². The Morgan fingerprint density at radius 2 is 1.97 bits per heavy atom. The molecule has 174 valence electrons. The second kappa shape index (κ2) is 9.57. The summed E-state index contributed by atoms with van der Waals surface area (Å²) in [5.74, 6) is 2.13. The Kier molecular flexibility index (Phi) is 7.01. The zero-order valence-corrected chi connectivity index (χ0v) is 20.0. The van der Waals surface area contributed by atoms with Crippen molar-refractivity contribution in [3.8, 4) is 12.3 Å². The third-order valence-electron chi connectivity index (χ3n) is 5.58. The van der Waals surface area contributed by atoms with Gasteiger partial charge in [-0.15, -0.1) is 12.3 Å². The summed E-state index contributed by atoms with van der Waals surface area (Å²) in [6, 6.07) is 4.88. The average molecular weight is 449 g/mol. The molecule has 0 saturated carbocycles. The molecule has 0 radical (unpaired) electrons. The van der Waals surface area contributed by atoms with Crippen molar-refractivity contribution in [3.05, 3.63) is 52.8 Å². The predicted octanol–water partition coefficient (Wildman–Crippen LogP) is 4.09. The Morgan fingerprint density at radius 1 is 1.24 bits per heavy atom. The summed E-state index contributed by atoms with van der Waals surface area (Å²) in [5.41, 5.74) is 1.95. The number of rotatable bonds is 9. The van der Waals surface area contributed by atoms with Gasteiger partial charge in [0.15, 0.2) is 5.66 Å². The van der Waals surface area contributed by atoms with Crippen LogP contribution in [0.5, 0.6) is 0 Å². The molecular weight excluding hydrogens is 416 g/mol. The molecule has 33 heavy (non-hydrogen) atoms. The maximum absolute atomic E-state index is 13.9. The summed E-state index contributed by atoms with van der Waals surface area (Å²) in [6.07, 6.45) is 10.3. The SMILES string of the molecule is C#CCCC1(CCN(C(=O)c2cc(C)ccc2C)C(C(=O)NC(C)(C)C)c2cn[nH]c2)N=N1. The van der Waals surface area contributed by atoms with E-state index in [2.05, 4.69) is 31.7 Å². The van der Waals surface area contributed by atoms with Crippen molar-refractivity contribution < 1.29 is 9.59 Å². The van der Waals surface area contributed by atoms with E-state index in [1.807, 2.05) is 52.8 Å². The first-order chi connectivity index (χ1) is 15.6. The molecule has 1 atom stereocenters. The number of nitrogens with zero attached hydrogens (tertiary/aromatic N) is 4. The number of aryl methyl sites for hydroxylation is 2. The third kappa shape index (κ3) is 6.07. The molecule has 1 aliphatic rings. The van der Waals surface area contributed by atoms with E-state index in [0.29, 0.717) is 30.4 Å². The van der Waals surface area contributed by atoms with E-state index in [1.165, 1.54) is 0 Å². The summed E-state index contributed by atoms with van der Waals surface area (Å²) >= 11 is 0. The number of carbonyl (C=O) groups excluding carboxylic acids is 2. The van der Waals surface area contributed by atoms with Gasteiger partial charge in [-0.3, -0.25) is 14.7 Å². The number of amides is 2. The van der Waals surface area contributed by atoms with Crippen molar-refractivity contribution in [2.45, 2.75) is 71.1 Å². The molecule has 0 bridgehead atoms. The van der Waals surface area contributed by atoms with Crippen molar-refractivity contribution >= 4 is 11.8 Å². The molecule has 0 saturated heterocycles. The zero-order valence-electron chi connectivity index (χ0n) is 20.0. The van der Waals surface area contributed by atoms with Crippen molar-refractivity contribution in [1.82, 2.24) is 20.4 Å². The van der Waals surface area contributed by atoms with Crippen molar-refractivity contribution in [3.63, 3.8) is 0 Å². The normalized spacial score (nSPS) is 14.9. The Balaban J connectivity index is 1.99. The Hall–Kier alpha value is -3.47. The lowest BCUT2D eigenvalue weighted by atomic mass is 9.98. The number of hydrogen-bond acceptors (Lipinski definition) is 5. The fourth-order valence-corrected chi connectivity index (χ4v) is 3.76. The molecule has 0 aliphatic carbocycles. The largest absolute Gasteiger partial charge is 0.349 e. The van der Waals surface area contributed by atoms with Gasteiger partial charge in [-0.2, -0.15) is 15.3 Å². The predicted molar refractivity (Wildman–Crippen MR) is 126 cm³/mol. The molecule has 0 spiro atoms. The van der Waals surface area contributed by atoms with Crippen LogP contribution in [0.1, 0.15) is 73.1 Å². The number of nitrogens with one attached hydrogen (secondary N) is 2. The number of H-pyrrole nitrogens is 1. The van der Waals surface area contributed by atoms with E-state index >= 15 is 0 Å². The molecule has 8 nitrogen and oxygen atoms in total. The smallest absolute Gasteiger partial charge is 0.255 e. The molecular formula is C25H32N6O2. The van der Waals surface area contributed by atoms with E-state index in [-0.39, 0.29) is 18.4 Å². The minimum Gasteiger partial charge on any atom is -0.349 e. The summed E-state index contributed by atoms with van der Waals surface area (Å²) in [5, 5.41) is 18.2. The van der Waals surface area contributed by atoms with Crippen LogP contribution in [0.3, 0.4) is 0 Å². The van der Waals surface area contributed by atoms with Gasteiger partial charge >= 0.3 is 0 Å². The first-order valence-corrected chi connectivity index (χ1v) is 11.1. The molecule has 2 aromatic rings. The fourth-order valence-electron chi connectivity index (χ4n) is 3.76. The second-order valence-electron chi connectivity index (χ2n) is 9.63. The van der Waals surface area contributed by atoms with Crippen LogP contribution in [0.25, 0.3) is 0 Å². The highest BCUT2D eigenvalue weighted by atomic mass is 16.2. The monoisotopic (exact) mass is 448 g/mol. The zero-order chi connectivity index (χ0) is 24.2. The lowest BCUT2D eigenvalue weighted by Gasteiger charge is -2.34. The van der Waals surface area contributed by atoms with Gasteiger partial charge in [0.25, 0.3) is 5.91 Å². The number of aromatic nitrogens is 2. The lowest BCUT2D eigenvalue weighted by molar-refractivity contribution is -0.127. The number of hydrogen-bond donors (Lipinski definition) is 2. The molecule has 3 rings (SSSR count). The van der Waals surface area contributed by atoms with Crippen LogP contribution in [0.2, 0.25) is 0 Å². The number of benzene rings is 1. The molecule has 1 aromatic heterocycles. The van der Waals surface area contributed by atoms with Crippen LogP contribution in [-0.2, 0) is 4.79 Å². The number of carbonyl (C=O) groups is 2. The Labute approximate surface area is 195 Å². The van der Waals surface area contributed by atoms with Crippen molar-refractivity contribution in [1.29, 1.82) is 0 Å². The minimum atomic E-state index is -0.862. The van der Waals surface area contributed by atoms with Crippen LogP contribution in [-0.4, -0.2) is 44.7 Å². The molecule has 0 fully saturated rings. The number of terminal acetylenes is 1. The Morgan fingerprint density at radius 3 is 2.55 bits per heavy atom. The van der Waals surface area contributed by atoms with Crippen LogP contribution < -0.4 is 5.32 Å². The summed E-state index contributed by atoms with van der Waals surface area (Å²) in [6.45, 7) is 9.85. The first kappa shape index (κ1) is 24.2. The maximum atomic E-state index is 13.9. The molecule has 1 aromatic carbocycles. The summed E-state index contributed by atoms with van der Waals surface area (Å²) < 4.78 is 0. The quantitative estimate of drug-likeness (QED) is 0.565. The highest BCUT2D eigenvalue weighted by molar-refractivity contribution is 5.99. The molecule has 2 amide bonds. The first-order valence-electron chi connectivity index (χ1n) is 11.1. The standard InChI is InChI=1S/C25H32N6O2/c1-7-8-11-25(29-30-25)12-13-31(23(33)20-14-17(2)9-10-18(20)3)21(19-15-26-27-16-19)22(32)28-24(4,5)6/h1,9-10,14-16,21H,8,11-13H2,2-6H3,(H,26,27)(H,28,32). The van der Waals surface area contributed by atoms with Crippen LogP contribution in [0.4, 0.5) is 0 Å². The molecule has 1 aliphatic heterocycles. The van der Waals surface area contributed by atoms with Gasteiger partial charge in [0.05, 0.1) is 6.20 Å². The third-order valence-corrected chi connectivity index (χ3v) is 5.58. The van der Waals surface area contributed by atoms with Crippen molar-refractivity contribution in [2.75, 3.05) is 6.54 Å². The van der Waals surface area contributed by atoms with Crippen LogP contribution in [0.15, 0.2) is 40.8 Å². The van der Waals surface area contributed by atoms with E-state index in [9.17, 15) is 9.59 Å². The fraction of sp³-hybridized carbons (Fsp3) is 0.480. The lowest BCUT2D eigenvalue weighted by Crippen LogP contribution is -2.50. The summed E-state index contributed by atoms with van der Waals surface area (Å²) in [4.78, 5) is 29.0. The molecule has 8 heteroatoms. The van der Waals surface area contributed by atoms with Gasteiger partial charge in [-0.05, 0) is 46.2 Å². The Bertz CT molecular complexity index is 1070. The van der Waals surface area contributed by atoms with Gasteiger partial charge in [0, 0.05) is 48.7 Å². The highest BCUT2D eigenvalue weighted by Crippen LogP contribution is 2.38. The van der Waals surface area contributed by atoms with Gasteiger partial charge in [-0.1, -0.05) is 17.7 Å². The summed E-state index contributed by atoms with van der Waals surface area (Å²) in [7, 11) is 0. The van der Waals surface area contributed by atoms with Gasteiger partial charge in [0.1, 0.15) is 6.04 Å². The maximum Gasteiger partial charge on any atom is 0.255 e. The average Bonchev–Trinajstić information content (AvgIpc) is 3.30. The van der Waals surface area contributed by atoms with E-state index < -0.39 is 17.2 Å². The van der Waals surface area contributed by atoms with E-state index in [1.54, 1.807) is 17.3 Å². The van der Waals surface area contributed by atoms with E-state index in [4.69, 9.17) is 6.42 Å². The highest BCUT2D eigenvalue weighted by Gasteiger charge is 2.42.